The molecule has 3 heteroatoms. The number of carbonyl (C=O) groups is 1. The Morgan fingerprint density at radius 2 is 2.00 bits per heavy atom. The lowest BCUT2D eigenvalue weighted by atomic mass is 9.85. The lowest BCUT2D eigenvalue weighted by Gasteiger charge is -2.31. The van der Waals surface area contributed by atoms with Crippen LogP contribution < -0.4 is 5.32 Å². The van der Waals surface area contributed by atoms with Crippen molar-refractivity contribution in [1.29, 1.82) is 0 Å². The van der Waals surface area contributed by atoms with Gasteiger partial charge >= 0.3 is 0 Å². The molecule has 0 saturated heterocycles. The van der Waals surface area contributed by atoms with E-state index in [4.69, 9.17) is 0 Å². The highest BCUT2D eigenvalue weighted by Gasteiger charge is 2.34. The van der Waals surface area contributed by atoms with E-state index in [-0.39, 0.29) is 5.92 Å². The van der Waals surface area contributed by atoms with Gasteiger partial charge in [0.1, 0.15) is 0 Å². The van der Waals surface area contributed by atoms with Gasteiger partial charge < -0.3 is 5.32 Å². The van der Waals surface area contributed by atoms with Crippen LogP contribution in [0.3, 0.4) is 0 Å². The Labute approximate surface area is 107 Å². The van der Waals surface area contributed by atoms with Crippen molar-refractivity contribution >= 4 is 21.8 Å². The Kier molecular flexibility index (Phi) is 4.28. The van der Waals surface area contributed by atoms with E-state index >= 15 is 0 Å². The predicted molar refractivity (Wildman–Crippen MR) is 69.6 cm³/mol. The summed E-state index contributed by atoms with van der Waals surface area (Å²) < 4.78 is 0. The fraction of sp³-hybridized carbons (Fsp3) is 0.923. The molecule has 2 saturated carbocycles. The maximum Gasteiger partial charge on any atom is 0.223 e. The van der Waals surface area contributed by atoms with Gasteiger partial charge in [0.05, 0.1) is 0 Å². The molecule has 0 aliphatic heterocycles. The van der Waals surface area contributed by atoms with Crippen LogP contribution in [0.1, 0.15) is 45.4 Å². The molecular weight excluding hydrogens is 266 g/mol. The third kappa shape index (κ3) is 2.99. The second kappa shape index (κ2) is 5.52. The summed E-state index contributed by atoms with van der Waals surface area (Å²) >= 11 is 3.57. The lowest BCUT2D eigenvalue weighted by molar-refractivity contribution is -0.126. The first-order chi connectivity index (χ1) is 7.72. The molecule has 16 heavy (non-hydrogen) atoms. The van der Waals surface area contributed by atoms with Gasteiger partial charge in [0.25, 0.3) is 0 Å². The summed E-state index contributed by atoms with van der Waals surface area (Å²) in [4.78, 5) is 12.0. The van der Waals surface area contributed by atoms with Crippen molar-refractivity contribution < 1.29 is 4.79 Å². The third-order valence-electron chi connectivity index (χ3n) is 4.18. The summed E-state index contributed by atoms with van der Waals surface area (Å²) in [6.07, 6.45) is 7.52. The highest BCUT2D eigenvalue weighted by atomic mass is 79.9. The predicted octanol–water partition coefficient (Wildman–Crippen LogP) is 3.10. The molecule has 2 nitrogen and oxygen atoms in total. The average molecular weight is 288 g/mol. The van der Waals surface area contributed by atoms with Gasteiger partial charge in [-0.15, -0.1) is 0 Å². The van der Waals surface area contributed by atoms with Gasteiger partial charge in [-0.25, -0.2) is 0 Å². The van der Waals surface area contributed by atoms with Crippen molar-refractivity contribution in [2.75, 3.05) is 5.33 Å². The zero-order valence-electron chi connectivity index (χ0n) is 10.0. The van der Waals surface area contributed by atoms with Gasteiger partial charge in [0.15, 0.2) is 0 Å². The molecule has 1 N–H and O–H groups in total. The van der Waals surface area contributed by atoms with Crippen LogP contribution >= 0.6 is 15.9 Å². The van der Waals surface area contributed by atoms with Crippen LogP contribution in [0.25, 0.3) is 0 Å². The molecule has 0 aromatic rings. The first-order valence-corrected chi connectivity index (χ1v) is 7.71. The maximum atomic E-state index is 12.0. The average Bonchev–Trinajstić information content (AvgIpc) is 3.12. The van der Waals surface area contributed by atoms with E-state index in [9.17, 15) is 4.79 Å². The second-order valence-corrected chi connectivity index (χ2v) is 6.09. The molecule has 92 valence electrons. The Hall–Kier alpha value is -0.0500. The molecule has 0 spiro atoms. The monoisotopic (exact) mass is 287 g/mol. The minimum atomic E-state index is 0.234. The Balaban J connectivity index is 1.84. The number of amides is 1. The van der Waals surface area contributed by atoms with Crippen LogP contribution in [0.2, 0.25) is 0 Å². The van der Waals surface area contributed by atoms with E-state index in [0.717, 1.165) is 5.33 Å². The number of rotatable bonds is 4. The molecule has 2 fully saturated rings. The standard InChI is InChI=1S/C13H22BrNO/c1-9(10-6-7-10)13(16)15-12-5-3-2-4-11(12)8-14/h9-12H,2-8H2,1H3,(H,15,16). The number of nitrogens with one attached hydrogen (secondary N) is 1. The van der Waals surface area contributed by atoms with Crippen LogP contribution in [0.5, 0.6) is 0 Å². The van der Waals surface area contributed by atoms with E-state index in [0.29, 0.717) is 23.8 Å². The molecule has 0 radical (unpaired) electrons. The van der Waals surface area contributed by atoms with Crippen molar-refractivity contribution in [2.24, 2.45) is 17.8 Å². The first-order valence-electron chi connectivity index (χ1n) is 6.58. The van der Waals surface area contributed by atoms with Crippen molar-refractivity contribution in [2.45, 2.75) is 51.5 Å². The summed E-state index contributed by atoms with van der Waals surface area (Å²) in [7, 11) is 0. The van der Waals surface area contributed by atoms with E-state index in [1.807, 2.05) is 0 Å². The van der Waals surface area contributed by atoms with Gasteiger partial charge in [-0.05, 0) is 37.5 Å². The Morgan fingerprint density at radius 3 is 2.62 bits per heavy atom. The molecular formula is C13H22BrNO. The molecule has 1 amide bonds. The molecule has 2 rings (SSSR count). The van der Waals surface area contributed by atoms with Gasteiger partial charge in [-0.2, -0.15) is 0 Å². The number of hydrogen-bond donors (Lipinski definition) is 1. The minimum absolute atomic E-state index is 0.234. The van der Waals surface area contributed by atoms with Gasteiger partial charge in [0.2, 0.25) is 5.91 Å². The molecule has 0 aromatic heterocycles. The lowest BCUT2D eigenvalue weighted by Crippen LogP contribution is -2.45. The number of alkyl halides is 1. The maximum absolute atomic E-state index is 12.0. The highest BCUT2D eigenvalue weighted by Crippen LogP contribution is 2.37. The molecule has 2 aliphatic rings. The second-order valence-electron chi connectivity index (χ2n) is 5.44. The van der Waals surface area contributed by atoms with E-state index in [1.54, 1.807) is 0 Å². The summed E-state index contributed by atoms with van der Waals surface area (Å²) in [5.74, 6) is 1.84. The van der Waals surface area contributed by atoms with Gasteiger partial charge in [0, 0.05) is 17.3 Å². The molecule has 3 unspecified atom stereocenters. The van der Waals surface area contributed by atoms with Crippen molar-refractivity contribution in [3.63, 3.8) is 0 Å². The van der Waals surface area contributed by atoms with Crippen LogP contribution in [0.15, 0.2) is 0 Å². The largest absolute Gasteiger partial charge is 0.353 e. The summed E-state index contributed by atoms with van der Waals surface area (Å²) in [6.45, 7) is 2.08. The number of halogens is 1. The van der Waals surface area contributed by atoms with Crippen molar-refractivity contribution in [3.8, 4) is 0 Å². The summed E-state index contributed by atoms with van der Waals surface area (Å²) in [5.41, 5.74) is 0. The van der Waals surface area contributed by atoms with Crippen LogP contribution in [-0.4, -0.2) is 17.3 Å². The minimum Gasteiger partial charge on any atom is -0.353 e. The molecule has 2 aliphatic carbocycles. The Morgan fingerprint density at radius 1 is 1.31 bits per heavy atom. The zero-order valence-corrected chi connectivity index (χ0v) is 11.6. The smallest absolute Gasteiger partial charge is 0.223 e. The van der Waals surface area contributed by atoms with E-state index in [2.05, 4.69) is 28.2 Å². The van der Waals surface area contributed by atoms with E-state index in [1.165, 1.54) is 38.5 Å². The SMILES string of the molecule is CC(C(=O)NC1CCCCC1CBr)C1CC1. The van der Waals surface area contributed by atoms with Crippen LogP contribution in [0.4, 0.5) is 0 Å². The fourth-order valence-electron chi connectivity index (χ4n) is 2.71. The fourth-order valence-corrected chi connectivity index (χ4v) is 3.48. The Bertz CT molecular complexity index is 252. The number of hydrogen-bond acceptors (Lipinski definition) is 1. The summed E-state index contributed by atoms with van der Waals surface area (Å²) in [6, 6.07) is 0.418. The van der Waals surface area contributed by atoms with Crippen LogP contribution in [-0.2, 0) is 4.79 Å². The van der Waals surface area contributed by atoms with Crippen molar-refractivity contribution in [1.82, 2.24) is 5.32 Å². The quantitative estimate of drug-likeness (QED) is 0.791. The van der Waals surface area contributed by atoms with E-state index < -0.39 is 0 Å². The highest BCUT2D eigenvalue weighted by molar-refractivity contribution is 9.09. The molecule has 3 atom stereocenters. The zero-order chi connectivity index (χ0) is 11.5. The normalized spacial score (nSPS) is 32.1. The van der Waals surface area contributed by atoms with Crippen molar-refractivity contribution in [3.05, 3.63) is 0 Å². The van der Waals surface area contributed by atoms with Gasteiger partial charge in [-0.1, -0.05) is 35.7 Å². The molecule has 0 bridgehead atoms. The number of carbonyl (C=O) groups excluding carboxylic acids is 1. The first kappa shape index (κ1) is 12.4. The third-order valence-corrected chi connectivity index (χ3v) is 5.01. The van der Waals surface area contributed by atoms with Crippen LogP contribution in [0, 0.1) is 17.8 Å². The van der Waals surface area contributed by atoms with Gasteiger partial charge in [-0.3, -0.25) is 4.79 Å². The topological polar surface area (TPSA) is 29.1 Å². The summed E-state index contributed by atoms with van der Waals surface area (Å²) in [5, 5.41) is 4.30. The molecule has 0 heterocycles. The molecule has 0 aromatic carbocycles.